The molecule has 0 aliphatic rings. The average molecular weight is 289 g/mol. The summed E-state index contributed by atoms with van der Waals surface area (Å²) >= 11 is 0. The van der Waals surface area contributed by atoms with Crippen molar-refractivity contribution in [2.45, 2.75) is 20.4 Å². The van der Waals surface area contributed by atoms with Crippen LogP contribution in [0.3, 0.4) is 0 Å². The molecule has 0 saturated heterocycles. The van der Waals surface area contributed by atoms with Crippen molar-refractivity contribution in [3.63, 3.8) is 0 Å². The Hall–Kier alpha value is -2.76. The predicted octanol–water partition coefficient (Wildman–Crippen LogP) is 2.23. The highest BCUT2D eigenvalue weighted by Gasteiger charge is 2.15. The van der Waals surface area contributed by atoms with Gasteiger partial charge in [-0.05, 0) is 32.0 Å². The van der Waals surface area contributed by atoms with Crippen molar-refractivity contribution in [2.75, 3.05) is 0 Å². The van der Waals surface area contributed by atoms with Crippen LogP contribution in [0.5, 0.6) is 5.75 Å². The van der Waals surface area contributed by atoms with Gasteiger partial charge in [0.2, 0.25) is 0 Å². The summed E-state index contributed by atoms with van der Waals surface area (Å²) in [5, 5.41) is 21.1. The molecule has 0 spiro atoms. The van der Waals surface area contributed by atoms with E-state index in [0.29, 0.717) is 22.6 Å². The second-order valence-electron chi connectivity index (χ2n) is 4.62. The Bertz CT molecular complexity index is 702. The van der Waals surface area contributed by atoms with E-state index in [4.69, 9.17) is 9.52 Å². The second-order valence-corrected chi connectivity index (χ2v) is 4.62. The monoisotopic (exact) mass is 289 g/mol. The number of aromatic hydroxyl groups is 1. The summed E-state index contributed by atoms with van der Waals surface area (Å²) in [7, 11) is 0. The van der Waals surface area contributed by atoms with Gasteiger partial charge in [0.1, 0.15) is 22.8 Å². The van der Waals surface area contributed by atoms with Crippen LogP contribution in [0.1, 0.15) is 37.8 Å². The summed E-state index contributed by atoms with van der Waals surface area (Å²) < 4.78 is 5.27. The molecule has 1 amide bonds. The SMILES string of the molecule is Cc1oc(CNC(=O)c2cccc(O)c2C)cc1C(=O)O. The van der Waals surface area contributed by atoms with Crippen molar-refractivity contribution in [3.8, 4) is 5.75 Å². The van der Waals surface area contributed by atoms with E-state index in [0.717, 1.165) is 0 Å². The first-order chi connectivity index (χ1) is 9.90. The van der Waals surface area contributed by atoms with Crippen LogP contribution < -0.4 is 5.32 Å². The normalized spacial score (nSPS) is 10.4. The van der Waals surface area contributed by atoms with E-state index >= 15 is 0 Å². The number of carbonyl (C=O) groups excluding carboxylic acids is 1. The van der Waals surface area contributed by atoms with Gasteiger partial charge >= 0.3 is 5.97 Å². The predicted molar refractivity (Wildman–Crippen MR) is 74.4 cm³/mol. The summed E-state index contributed by atoms with van der Waals surface area (Å²) in [6.45, 7) is 3.26. The fourth-order valence-corrected chi connectivity index (χ4v) is 1.98. The van der Waals surface area contributed by atoms with E-state index in [9.17, 15) is 14.7 Å². The number of phenols is 1. The van der Waals surface area contributed by atoms with E-state index in [-0.39, 0.29) is 23.8 Å². The van der Waals surface area contributed by atoms with E-state index < -0.39 is 5.97 Å². The van der Waals surface area contributed by atoms with Crippen molar-refractivity contribution in [3.05, 3.63) is 52.5 Å². The number of nitrogens with one attached hydrogen (secondary N) is 1. The minimum Gasteiger partial charge on any atom is -0.508 e. The molecule has 6 heteroatoms. The van der Waals surface area contributed by atoms with Crippen LogP contribution in [-0.2, 0) is 6.54 Å². The molecule has 2 rings (SSSR count). The summed E-state index contributed by atoms with van der Waals surface area (Å²) in [6, 6.07) is 6.06. The third-order valence-corrected chi connectivity index (χ3v) is 3.17. The molecular formula is C15H15NO5. The first kappa shape index (κ1) is 14.6. The zero-order valence-electron chi connectivity index (χ0n) is 11.6. The van der Waals surface area contributed by atoms with Gasteiger partial charge in [-0.1, -0.05) is 6.07 Å². The van der Waals surface area contributed by atoms with Gasteiger partial charge in [-0.15, -0.1) is 0 Å². The topological polar surface area (TPSA) is 99.8 Å². The number of carbonyl (C=O) groups is 2. The number of phenolic OH excluding ortho intramolecular Hbond substituents is 1. The molecular weight excluding hydrogens is 274 g/mol. The number of carboxylic acids is 1. The van der Waals surface area contributed by atoms with Gasteiger partial charge < -0.3 is 19.9 Å². The van der Waals surface area contributed by atoms with Crippen molar-refractivity contribution < 1.29 is 24.2 Å². The van der Waals surface area contributed by atoms with Gasteiger partial charge in [0, 0.05) is 11.1 Å². The number of amides is 1. The fourth-order valence-electron chi connectivity index (χ4n) is 1.98. The van der Waals surface area contributed by atoms with Crippen molar-refractivity contribution in [1.29, 1.82) is 0 Å². The van der Waals surface area contributed by atoms with Crippen LogP contribution in [0, 0.1) is 13.8 Å². The smallest absolute Gasteiger partial charge is 0.339 e. The zero-order chi connectivity index (χ0) is 15.6. The zero-order valence-corrected chi connectivity index (χ0v) is 11.6. The Morgan fingerprint density at radius 2 is 1.95 bits per heavy atom. The lowest BCUT2D eigenvalue weighted by Crippen LogP contribution is -2.23. The van der Waals surface area contributed by atoms with Gasteiger partial charge in [0.15, 0.2) is 0 Å². The second kappa shape index (κ2) is 5.70. The summed E-state index contributed by atoms with van der Waals surface area (Å²) in [5.74, 6) is -0.743. The van der Waals surface area contributed by atoms with Crippen molar-refractivity contribution in [1.82, 2.24) is 5.32 Å². The van der Waals surface area contributed by atoms with E-state index in [1.807, 2.05) is 0 Å². The number of carboxylic acid groups (broad SMARTS) is 1. The number of benzene rings is 1. The van der Waals surface area contributed by atoms with E-state index in [2.05, 4.69) is 5.32 Å². The number of aryl methyl sites for hydroxylation is 1. The van der Waals surface area contributed by atoms with Crippen LogP contribution in [-0.4, -0.2) is 22.1 Å². The fraction of sp³-hybridized carbons (Fsp3) is 0.200. The molecule has 0 atom stereocenters. The van der Waals surface area contributed by atoms with Crippen LogP contribution >= 0.6 is 0 Å². The van der Waals surface area contributed by atoms with Gasteiger partial charge in [0.25, 0.3) is 5.91 Å². The van der Waals surface area contributed by atoms with Crippen molar-refractivity contribution in [2.24, 2.45) is 0 Å². The van der Waals surface area contributed by atoms with Crippen molar-refractivity contribution >= 4 is 11.9 Å². The Kier molecular flexibility index (Phi) is 3.98. The molecule has 3 N–H and O–H groups in total. The van der Waals surface area contributed by atoms with Gasteiger partial charge in [0.05, 0.1) is 6.54 Å². The van der Waals surface area contributed by atoms with Gasteiger partial charge in [-0.3, -0.25) is 4.79 Å². The number of furan rings is 1. The molecule has 2 aromatic rings. The molecule has 21 heavy (non-hydrogen) atoms. The van der Waals surface area contributed by atoms with Crippen LogP contribution in [0.15, 0.2) is 28.7 Å². The molecule has 6 nitrogen and oxygen atoms in total. The molecule has 0 fully saturated rings. The van der Waals surface area contributed by atoms with Gasteiger partial charge in [-0.2, -0.15) is 0 Å². The summed E-state index contributed by atoms with van der Waals surface area (Å²) in [4.78, 5) is 22.9. The standard InChI is InChI=1S/C15H15NO5/c1-8-11(4-3-5-13(8)17)14(18)16-7-10-6-12(15(19)20)9(2)21-10/h3-6,17H,7H2,1-2H3,(H,16,18)(H,19,20). The molecule has 0 saturated carbocycles. The highest BCUT2D eigenvalue weighted by atomic mass is 16.4. The molecule has 0 unspecified atom stereocenters. The molecule has 1 aromatic carbocycles. The maximum Gasteiger partial charge on any atom is 0.339 e. The number of aromatic carboxylic acids is 1. The lowest BCUT2D eigenvalue weighted by atomic mass is 10.1. The van der Waals surface area contributed by atoms with E-state index in [1.54, 1.807) is 26.0 Å². The minimum absolute atomic E-state index is 0.0460. The Balaban J connectivity index is 2.09. The quantitative estimate of drug-likeness (QED) is 0.801. The Morgan fingerprint density at radius 1 is 1.24 bits per heavy atom. The third kappa shape index (κ3) is 3.05. The average Bonchev–Trinajstić information content (AvgIpc) is 2.80. The lowest BCUT2D eigenvalue weighted by molar-refractivity contribution is 0.0694. The molecule has 0 aliphatic carbocycles. The third-order valence-electron chi connectivity index (χ3n) is 3.17. The number of hydrogen-bond acceptors (Lipinski definition) is 4. The molecule has 1 aromatic heterocycles. The number of hydrogen-bond donors (Lipinski definition) is 3. The van der Waals surface area contributed by atoms with Gasteiger partial charge in [-0.25, -0.2) is 4.79 Å². The van der Waals surface area contributed by atoms with Crippen LogP contribution in [0.2, 0.25) is 0 Å². The number of rotatable bonds is 4. The highest BCUT2D eigenvalue weighted by molar-refractivity contribution is 5.96. The Morgan fingerprint density at radius 3 is 2.57 bits per heavy atom. The summed E-state index contributed by atoms with van der Waals surface area (Å²) in [5.41, 5.74) is 0.918. The first-order valence-electron chi connectivity index (χ1n) is 6.29. The van der Waals surface area contributed by atoms with Crippen LogP contribution in [0.25, 0.3) is 0 Å². The van der Waals surface area contributed by atoms with Crippen LogP contribution in [0.4, 0.5) is 0 Å². The molecule has 0 aliphatic heterocycles. The maximum absolute atomic E-state index is 12.0. The van der Waals surface area contributed by atoms with E-state index in [1.165, 1.54) is 12.1 Å². The minimum atomic E-state index is -1.07. The Labute approximate surface area is 121 Å². The summed E-state index contributed by atoms with van der Waals surface area (Å²) in [6.07, 6.45) is 0. The molecule has 110 valence electrons. The highest BCUT2D eigenvalue weighted by Crippen LogP contribution is 2.20. The molecule has 0 radical (unpaired) electrons. The largest absolute Gasteiger partial charge is 0.508 e. The first-order valence-corrected chi connectivity index (χ1v) is 6.29. The lowest BCUT2D eigenvalue weighted by Gasteiger charge is -2.07. The molecule has 1 heterocycles. The maximum atomic E-state index is 12.0. The molecule has 0 bridgehead atoms.